The summed E-state index contributed by atoms with van der Waals surface area (Å²) in [6.45, 7) is 9.06. The van der Waals surface area contributed by atoms with Gasteiger partial charge >= 0.3 is 0 Å². The molecule has 36 heavy (non-hydrogen) atoms. The minimum absolute atomic E-state index is 0.0602. The number of aliphatic hydroxyl groups excluding tert-OH is 2. The van der Waals surface area contributed by atoms with Crippen molar-refractivity contribution in [3.05, 3.63) is 59.5 Å². The second-order valence-electron chi connectivity index (χ2n) is 10.3. The van der Waals surface area contributed by atoms with Gasteiger partial charge < -0.3 is 15.1 Å². The molecule has 2 N–H and O–H groups in total. The van der Waals surface area contributed by atoms with E-state index in [4.69, 9.17) is 0 Å². The molecule has 1 saturated carbocycles. The van der Waals surface area contributed by atoms with Crippen LogP contribution in [0.15, 0.2) is 54.6 Å². The average Bonchev–Trinajstić information content (AvgIpc) is 3.32. The van der Waals surface area contributed by atoms with Gasteiger partial charge in [-0.05, 0) is 50.6 Å². The molecule has 0 saturated heterocycles. The first kappa shape index (κ1) is 28.3. The Hall–Kier alpha value is -2.28. The summed E-state index contributed by atoms with van der Waals surface area (Å²) in [5, 5.41) is 22.8. The zero-order chi connectivity index (χ0) is 26.3. The number of rotatable bonds is 12. The molecule has 196 valence electrons. The molecule has 1 fully saturated rings. The number of carbonyl (C=O) groups excluding carboxylic acids is 2. The summed E-state index contributed by atoms with van der Waals surface area (Å²) in [5.41, 5.74) is -0.819. The van der Waals surface area contributed by atoms with E-state index in [0.29, 0.717) is 19.3 Å². The highest BCUT2D eigenvalue weighted by Gasteiger charge is 2.52. The smallest absolute Gasteiger partial charge is 0.222 e. The minimum Gasteiger partial charge on any atom is -0.391 e. The van der Waals surface area contributed by atoms with Crippen LogP contribution in [-0.2, 0) is 16.0 Å². The van der Waals surface area contributed by atoms with Crippen molar-refractivity contribution in [3.8, 4) is 0 Å². The van der Waals surface area contributed by atoms with E-state index in [1.54, 1.807) is 31.3 Å². The second-order valence-corrected chi connectivity index (χ2v) is 11.5. The van der Waals surface area contributed by atoms with Crippen molar-refractivity contribution in [2.75, 3.05) is 13.1 Å². The number of Topliss-reactive ketones (excluding diaryl/α,β-unsaturated/α-hetero) is 1. The fourth-order valence-electron chi connectivity index (χ4n) is 5.14. The lowest BCUT2D eigenvalue weighted by atomic mass is 9.86. The number of ketones is 1. The van der Waals surface area contributed by atoms with E-state index in [9.17, 15) is 19.8 Å². The summed E-state index contributed by atoms with van der Waals surface area (Å²) in [7, 11) is 0. The Morgan fingerprint density at radius 3 is 2.61 bits per heavy atom. The Bertz CT molecular complexity index is 1050. The van der Waals surface area contributed by atoms with E-state index in [1.807, 2.05) is 49.1 Å². The second kappa shape index (κ2) is 12.8. The summed E-state index contributed by atoms with van der Waals surface area (Å²) in [4.78, 5) is 28.2. The molecule has 5 nitrogen and oxygen atoms in total. The summed E-state index contributed by atoms with van der Waals surface area (Å²) in [6, 6.07) is 10.3. The normalized spacial score (nSPS) is 22.7. The predicted octanol–water partition coefficient (Wildman–Crippen LogP) is 5.55. The molecule has 1 aromatic carbocycles. The fraction of sp³-hybridized carbons (Fsp3) is 0.533. The van der Waals surface area contributed by atoms with Crippen molar-refractivity contribution in [2.45, 2.75) is 72.0 Å². The maximum Gasteiger partial charge on any atom is 0.222 e. The molecule has 3 rings (SSSR count). The number of hydrogen-bond acceptors (Lipinski definition) is 5. The fourth-order valence-corrected chi connectivity index (χ4v) is 6.25. The summed E-state index contributed by atoms with van der Waals surface area (Å²) >= 11 is 1.68. The van der Waals surface area contributed by atoms with E-state index < -0.39 is 17.6 Å². The van der Waals surface area contributed by atoms with Crippen LogP contribution >= 0.6 is 11.3 Å². The number of carbonyl (C=O) groups is 2. The van der Waals surface area contributed by atoms with Crippen molar-refractivity contribution in [1.29, 1.82) is 0 Å². The van der Waals surface area contributed by atoms with E-state index in [2.05, 4.69) is 18.2 Å². The SMILES string of the molecule is CCN(CC)C(=O)CCCC=CC[C@H]1C(=O)C(C)(C)[C@@H](O)[C@@H]1C=CC(O)Cc1cc2ccccc2s1. The van der Waals surface area contributed by atoms with Crippen molar-refractivity contribution in [2.24, 2.45) is 17.3 Å². The molecule has 1 aromatic heterocycles. The first-order chi connectivity index (χ1) is 17.2. The van der Waals surface area contributed by atoms with Gasteiger partial charge in [0.25, 0.3) is 0 Å². The summed E-state index contributed by atoms with van der Waals surface area (Å²) in [6.07, 6.45) is 9.32. The Kier molecular flexibility index (Phi) is 10.1. The maximum atomic E-state index is 13.1. The number of amides is 1. The van der Waals surface area contributed by atoms with Crippen LogP contribution in [0.1, 0.15) is 58.3 Å². The number of benzene rings is 1. The van der Waals surface area contributed by atoms with Gasteiger partial charge in [-0.2, -0.15) is 0 Å². The minimum atomic E-state index is -0.819. The van der Waals surface area contributed by atoms with E-state index in [1.165, 1.54) is 10.1 Å². The van der Waals surface area contributed by atoms with Crippen LogP contribution in [0.4, 0.5) is 0 Å². The molecule has 0 bridgehead atoms. The molecule has 1 aliphatic rings. The molecule has 1 aliphatic carbocycles. The van der Waals surface area contributed by atoms with Crippen LogP contribution in [0.2, 0.25) is 0 Å². The maximum absolute atomic E-state index is 13.1. The van der Waals surface area contributed by atoms with Gasteiger partial charge in [-0.15, -0.1) is 11.3 Å². The van der Waals surface area contributed by atoms with Crippen molar-refractivity contribution < 1.29 is 19.8 Å². The van der Waals surface area contributed by atoms with Gasteiger partial charge in [-0.3, -0.25) is 9.59 Å². The highest BCUT2D eigenvalue weighted by molar-refractivity contribution is 7.19. The Labute approximate surface area is 219 Å². The summed E-state index contributed by atoms with van der Waals surface area (Å²) in [5.74, 6) is -0.413. The standard InChI is InChI=1S/C30H41NO4S/c1-5-31(6-2)27(33)16-10-8-7-9-14-24-25(29(35)30(3,4)28(24)34)18-17-22(32)20-23-19-21-13-11-12-15-26(21)36-23/h7,9,11-13,15,17-19,22,24-25,29,32,35H,5-6,8,10,14,16,20H2,1-4H3/t22?,24-,25-,29+/m1/s1. The molecule has 2 aromatic rings. The lowest BCUT2D eigenvalue weighted by molar-refractivity contribution is -0.131. The Morgan fingerprint density at radius 1 is 1.19 bits per heavy atom. The average molecular weight is 512 g/mol. The van der Waals surface area contributed by atoms with Gasteiger partial charge in [0, 0.05) is 47.3 Å². The Balaban J connectivity index is 1.57. The highest BCUT2D eigenvalue weighted by atomic mass is 32.1. The quantitative estimate of drug-likeness (QED) is 0.289. The van der Waals surface area contributed by atoms with Crippen molar-refractivity contribution >= 4 is 33.1 Å². The van der Waals surface area contributed by atoms with Crippen molar-refractivity contribution in [1.82, 2.24) is 4.90 Å². The van der Waals surface area contributed by atoms with Crippen LogP contribution in [0.5, 0.6) is 0 Å². The van der Waals surface area contributed by atoms with Crippen LogP contribution in [-0.4, -0.2) is 52.1 Å². The van der Waals surface area contributed by atoms with E-state index >= 15 is 0 Å². The van der Waals surface area contributed by atoms with Gasteiger partial charge in [0.05, 0.1) is 17.6 Å². The number of fused-ring (bicyclic) bond motifs is 1. The molecule has 4 atom stereocenters. The molecule has 1 amide bonds. The molecular formula is C30H41NO4S. The Morgan fingerprint density at radius 2 is 1.92 bits per heavy atom. The van der Waals surface area contributed by atoms with E-state index in [-0.39, 0.29) is 23.5 Å². The largest absolute Gasteiger partial charge is 0.391 e. The monoisotopic (exact) mass is 511 g/mol. The van der Waals surface area contributed by atoms with Gasteiger partial charge in [-0.25, -0.2) is 0 Å². The number of nitrogens with zero attached hydrogens (tertiary/aromatic N) is 1. The van der Waals surface area contributed by atoms with E-state index in [0.717, 1.165) is 30.8 Å². The third kappa shape index (κ3) is 6.72. The third-order valence-electron chi connectivity index (χ3n) is 7.42. The number of unbranched alkanes of at least 4 members (excludes halogenated alkanes) is 1. The lowest BCUT2D eigenvalue weighted by Crippen LogP contribution is -2.31. The number of hydrogen-bond donors (Lipinski definition) is 2. The molecule has 0 spiro atoms. The number of thiophene rings is 1. The predicted molar refractivity (Wildman–Crippen MR) is 148 cm³/mol. The van der Waals surface area contributed by atoms with Crippen LogP contribution < -0.4 is 0 Å². The number of aliphatic hydroxyl groups is 2. The zero-order valence-corrected chi connectivity index (χ0v) is 22.8. The van der Waals surface area contributed by atoms with Gasteiger partial charge in [0.15, 0.2) is 0 Å². The van der Waals surface area contributed by atoms with Crippen LogP contribution in [0, 0.1) is 17.3 Å². The first-order valence-electron chi connectivity index (χ1n) is 13.2. The van der Waals surface area contributed by atoms with Gasteiger partial charge in [0.2, 0.25) is 5.91 Å². The van der Waals surface area contributed by atoms with Gasteiger partial charge in [0.1, 0.15) is 5.78 Å². The zero-order valence-electron chi connectivity index (χ0n) is 22.0. The van der Waals surface area contributed by atoms with Crippen molar-refractivity contribution in [3.63, 3.8) is 0 Å². The topological polar surface area (TPSA) is 77.8 Å². The van der Waals surface area contributed by atoms with Gasteiger partial charge in [-0.1, -0.05) is 56.4 Å². The lowest BCUT2D eigenvalue weighted by Gasteiger charge is -2.22. The first-order valence-corrected chi connectivity index (χ1v) is 14.0. The summed E-state index contributed by atoms with van der Waals surface area (Å²) < 4.78 is 1.20. The molecule has 1 heterocycles. The van der Waals surface area contributed by atoms with Crippen LogP contribution in [0.3, 0.4) is 0 Å². The molecule has 0 radical (unpaired) electrons. The molecule has 6 heteroatoms. The highest BCUT2D eigenvalue weighted by Crippen LogP contribution is 2.44. The molecule has 1 unspecified atom stereocenters. The molecule has 0 aliphatic heterocycles. The number of allylic oxidation sites excluding steroid dienone is 2. The van der Waals surface area contributed by atoms with Crippen LogP contribution in [0.25, 0.3) is 10.1 Å². The third-order valence-corrected chi connectivity index (χ3v) is 8.56. The molecular weight excluding hydrogens is 470 g/mol.